The number of nitrogens with zero attached hydrogens (tertiary/aromatic N) is 2. The quantitative estimate of drug-likeness (QED) is 0.773. The normalized spacial score (nSPS) is 17.1. The summed E-state index contributed by atoms with van der Waals surface area (Å²) in [6.07, 6.45) is 5.41. The van der Waals surface area contributed by atoms with Crippen LogP contribution in [-0.2, 0) is 6.42 Å². The van der Waals surface area contributed by atoms with Crippen molar-refractivity contribution in [1.29, 1.82) is 0 Å². The Morgan fingerprint density at radius 2 is 2.10 bits per heavy atom. The van der Waals surface area contributed by atoms with Gasteiger partial charge in [-0.25, -0.2) is 4.98 Å². The van der Waals surface area contributed by atoms with E-state index in [0.29, 0.717) is 5.92 Å². The van der Waals surface area contributed by atoms with Crippen molar-refractivity contribution in [2.75, 3.05) is 0 Å². The molecule has 2 aromatic heterocycles. The first-order valence-corrected chi connectivity index (χ1v) is 7.55. The molecular weight excluding hydrogens is 266 g/mol. The van der Waals surface area contributed by atoms with E-state index in [4.69, 9.17) is 0 Å². The number of rotatable bonds is 2. The minimum Gasteiger partial charge on any atom is -0.281 e. The van der Waals surface area contributed by atoms with E-state index in [1.807, 2.05) is 10.9 Å². The summed E-state index contributed by atoms with van der Waals surface area (Å²) < 4.78 is 0. The molecule has 0 radical (unpaired) electrons. The zero-order valence-corrected chi connectivity index (χ0v) is 11.6. The number of H-pyrrole nitrogens is 1. The Bertz CT molecular complexity index is 741. The Hall–Kier alpha value is -2.20. The van der Waals surface area contributed by atoms with Crippen molar-refractivity contribution >= 4 is 17.4 Å². The van der Waals surface area contributed by atoms with Crippen molar-refractivity contribution in [3.63, 3.8) is 0 Å². The Morgan fingerprint density at radius 3 is 2.90 bits per heavy atom. The third-order valence-corrected chi connectivity index (χ3v) is 4.29. The number of nitrogens with one attached hydrogen (secondary N) is 1. The van der Waals surface area contributed by atoms with Gasteiger partial charge in [0.2, 0.25) is 0 Å². The van der Waals surface area contributed by atoms with Gasteiger partial charge in [0.25, 0.3) is 0 Å². The van der Waals surface area contributed by atoms with Gasteiger partial charge in [-0.15, -0.1) is 11.3 Å². The standard InChI is InChI=1S/C16H13N3S/c1-2-4-11(5-3-1)12-6-7-13-14(8-12)18-19-16(13)15-9-20-10-17-15/h1-7,9-10,12H,8H2,(H,18,19). The van der Waals surface area contributed by atoms with E-state index in [0.717, 1.165) is 17.8 Å². The first kappa shape index (κ1) is 11.6. The second kappa shape index (κ2) is 4.72. The largest absolute Gasteiger partial charge is 0.281 e. The molecule has 2 heterocycles. The number of hydrogen-bond acceptors (Lipinski definition) is 3. The molecule has 20 heavy (non-hydrogen) atoms. The third-order valence-electron chi connectivity index (χ3n) is 3.70. The number of allylic oxidation sites excluding steroid dienone is 1. The molecule has 4 heteroatoms. The van der Waals surface area contributed by atoms with Crippen molar-refractivity contribution in [3.8, 4) is 11.4 Å². The molecule has 0 spiro atoms. The van der Waals surface area contributed by atoms with Crippen LogP contribution in [0, 0.1) is 0 Å². The summed E-state index contributed by atoms with van der Waals surface area (Å²) in [6, 6.07) is 10.6. The molecule has 0 aliphatic heterocycles. The van der Waals surface area contributed by atoms with E-state index in [2.05, 4.69) is 57.7 Å². The highest BCUT2D eigenvalue weighted by atomic mass is 32.1. The lowest BCUT2D eigenvalue weighted by Gasteiger charge is -2.17. The maximum Gasteiger partial charge on any atom is 0.119 e. The lowest BCUT2D eigenvalue weighted by Crippen LogP contribution is -2.05. The molecule has 1 N–H and O–H groups in total. The van der Waals surface area contributed by atoms with Crippen LogP contribution in [-0.4, -0.2) is 15.2 Å². The second-order valence-corrected chi connectivity index (χ2v) is 5.64. The van der Waals surface area contributed by atoms with Crippen LogP contribution in [0.1, 0.15) is 22.7 Å². The van der Waals surface area contributed by atoms with Gasteiger partial charge >= 0.3 is 0 Å². The van der Waals surface area contributed by atoms with Crippen molar-refractivity contribution in [2.45, 2.75) is 12.3 Å². The van der Waals surface area contributed by atoms with Gasteiger partial charge in [-0.2, -0.15) is 5.10 Å². The van der Waals surface area contributed by atoms with E-state index in [9.17, 15) is 0 Å². The van der Waals surface area contributed by atoms with Gasteiger partial charge in [0.1, 0.15) is 11.4 Å². The maximum absolute atomic E-state index is 4.44. The predicted molar refractivity (Wildman–Crippen MR) is 81.6 cm³/mol. The predicted octanol–water partition coefficient (Wildman–Crippen LogP) is 3.89. The second-order valence-electron chi connectivity index (χ2n) is 4.92. The molecule has 0 saturated heterocycles. The lowest BCUT2D eigenvalue weighted by molar-refractivity contribution is 0.794. The van der Waals surface area contributed by atoms with Gasteiger partial charge in [-0.05, 0) is 5.56 Å². The Balaban J connectivity index is 1.70. The van der Waals surface area contributed by atoms with Crippen LogP contribution in [0.2, 0.25) is 0 Å². The highest BCUT2D eigenvalue weighted by Gasteiger charge is 2.21. The van der Waals surface area contributed by atoms with E-state index >= 15 is 0 Å². The zero-order chi connectivity index (χ0) is 13.4. The van der Waals surface area contributed by atoms with Gasteiger partial charge in [0.05, 0.1) is 5.51 Å². The minimum absolute atomic E-state index is 0.424. The van der Waals surface area contributed by atoms with Crippen LogP contribution in [0.5, 0.6) is 0 Å². The SMILES string of the molecule is C1=CC(c2ccccc2)Cc2[nH]nc(-c3cscn3)c21. The van der Waals surface area contributed by atoms with Gasteiger partial charge in [0, 0.05) is 29.0 Å². The van der Waals surface area contributed by atoms with Crippen molar-refractivity contribution in [1.82, 2.24) is 15.2 Å². The summed E-state index contributed by atoms with van der Waals surface area (Å²) in [6.45, 7) is 0. The molecule has 98 valence electrons. The monoisotopic (exact) mass is 279 g/mol. The molecule has 1 atom stereocenters. The summed E-state index contributed by atoms with van der Waals surface area (Å²) >= 11 is 1.60. The van der Waals surface area contributed by atoms with Gasteiger partial charge < -0.3 is 0 Å². The van der Waals surface area contributed by atoms with E-state index in [1.54, 1.807) is 11.3 Å². The van der Waals surface area contributed by atoms with Gasteiger partial charge in [0.15, 0.2) is 0 Å². The highest BCUT2D eigenvalue weighted by molar-refractivity contribution is 7.07. The summed E-state index contributed by atoms with van der Waals surface area (Å²) in [5.74, 6) is 0.424. The van der Waals surface area contributed by atoms with Gasteiger partial charge in [-0.1, -0.05) is 42.5 Å². The molecule has 4 rings (SSSR count). The summed E-state index contributed by atoms with van der Waals surface area (Å²) in [7, 11) is 0. The fourth-order valence-corrected chi connectivity index (χ4v) is 3.21. The average Bonchev–Trinajstić information content (AvgIpc) is 3.16. The molecule has 1 aliphatic carbocycles. The van der Waals surface area contributed by atoms with Gasteiger partial charge in [-0.3, -0.25) is 5.10 Å². The molecule has 3 nitrogen and oxygen atoms in total. The molecule has 0 saturated carbocycles. The van der Waals surface area contributed by atoms with Crippen molar-refractivity contribution in [2.24, 2.45) is 0 Å². The number of thiazole rings is 1. The molecule has 1 unspecified atom stereocenters. The molecular formula is C16H13N3S. The van der Waals surface area contributed by atoms with Crippen LogP contribution in [0.4, 0.5) is 0 Å². The molecule has 3 aromatic rings. The molecule has 0 fully saturated rings. The fraction of sp³-hybridized carbons (Fsp3) is 0.125. The Kier molecular flexibility index (Phi) is 2.74. The average molecular weight is 279 g/mol. The first-order chi connectivity index (χ1) is 9.92. The van der Waals surface area contributed by atoms with Crippen molar-refractivity contribution in [3.05, 3.63) is 64.1 Å². The van der Waals surface area contributed by atoms with E-state index in [1.165, 1.54) is 16.8 Å². The van der Waals surface area contributed by atoms with Crippen LogP contribution in [0.15, 0.2) is 47.3 Å². The van der Waals surface area contributed by atoms with Crippen LogP contribution >= 0.6 is 11.3 Å². The minimum atomic E-state index is 0.424. The molecule has 0 amide bonds. The topological polar surface area (TPSA) is 41.6 Å². The van der Waals surface area contributed by atoms with E-state index < -0.39 is 0 Å². The van der Waals surface area contributed by atoms with Crippen LogP contribution in [0.25, 0.3) is 17.5 Å². The number of fused-ring (bicyclic) bond motifs is 1. The first-order valence-electron chi connectivity index (χ1n) is 6.61. The molecule has 1 aromatic carbocycles. The highest BCUT2D eigenvalue weighted by Crippen LogP contribution is 2.33. The number of benzene rings is 1. The number of hydrogen-bond donors (Lipinski definition) is 1. The van der Waals surface area contributed by atoms with Crippen molar-refractivity contribution < 1.29 is 0 Å². The lowest BCUT2D eigenvalue weighted by atomic mass is 9.88. The molecule has 1 aliphatic rings. The summed E-state index contributed by atoms with van der Waals surface area (Å²) in [5, 5.41) is 9.65. The zero-order valence-electron chi connectivity index (χ0n) is 10.8. The smallest absolute Gasteiger partial charge is 0.119 e. The van der Waals surface area contributed by atoms with Crippen LogP contribution < -0.4 is 0 Å². The number of aromatic amines is 1. The number of aromatic nitrogens is 3. The molecule has 0 bridgehead atoms. The van der Waals surface area contributed by atoms with E-state index in [-0.39, 0.29) is 0 Å². The maximum atomic E-state index is 4.44. The van der Waals surface area contributed by atoms with Crippen LogP contribution in [0.3, 0.4) is 0 Å². The Labute approximate surface area is 121 Å². The third kappa shape index (κ3) is 1.89. The fourth-order valence-electron chi connectivity index (χ4n) is 2.68. The Morgan fingerprint density at radius 1 is 1.20 bits per heavy atom. The summed E-state index contributed by atoms with van der Waals surface area (Å²) in [4.78, 5) is 4.35. The summed E-state index contributed by atoms with van der Waals surface area (Å²) in [5.41, 5.74) is 7.49.